The first-order valence-corrected chi connectivity index (χ1v) is 7.52. The van der Waals surface area contributed by atoms with Crippen molar-refractivity contribution in [3.05, 3.63) is 28.7 Å². The van der Waals surface area contributed by atoms with Gasteiger partial charge in [-0.3, -0.25) is 0 Å². The Morgan fingerprint density at radius 2 is 2.19 bits per heavy atom. The fourth-order valence-corrected chi connectivity index (χ4v) is 2.51. The molecule has 0 unspecified atom stereocenters. The molecule has 2 aromatic rings. The van der Waals surface area contributed by atoms with E-state index in [-0.39, 0.29) is 11.6 Å². The molecule has 0 bridgehead atoms. The highest BCUT2D eigenvalue weighted by Crippen LogP contribution is 2.13. The van der Waals surface area contributed by atoms with Crippen LogP contribution in [0.5, 0.6) is 0 Å². The van der Waals surface area contributed by atoms with Crippen LogP contribution in [0.3, 0.4) is 0 Å². The SMILES string of the molecule is CN(Cc1nccs1)C(=O)NCc1ncnn1C(C)(C)C. The van der Waals surface area contributed by atoms with Crippen LogP contribution in [0.4, 0.5) is 4.79 Å². The molecule has 0 radical (unpaired) electrons. The molecule has 0 aliphatic carbocycles. The number of urea groups is 1. The zero-order valence-electron chi connectivity index (χ0n) is 12.7. The van der Waals surface area contributed by atoms with Crippen LogP contribution < -0.4 is 5.32 Å². The lowest BCUT2D eigenvalue weighted by atomic mass is 10.1. The van der Waals surface area contributed by atoms with Gasteiger partial charge in [-0.05, 0) is 20.8 Å². The number of thiazole rings is 1. The summed E-state index contributed by atoms with van der Waals surface area (Å²) in [6.45, 7) is 6.97. The summed E-state index contributed by atoms with van der Waals surface area (Å²) in [6, 6.07) is -0.159. The van der Waals surface area contributed by atoms with Gasteiger partial charge >= 0.3 is 6.03 Å². The highest BCUT2D eigenvalue weighted by molar-refractivity contribution is 7.09. The van der Waals surface area contributed by atoms with Gasteiger partial charge in [0, 0.05) is 18.6 Å². The van der Waals surface area contributed by atoms with E-state index in [1.165, 1.54) is 17.7 Å². The Morgan fingerprint density at radius 1 is 1.43 bits per heavy atom. The summed E-state index contributed by atoms with van der Waals surface area (Å²) in [5.74, 6) is 0.735. The molecule has 0 saturated heterocycles. The predicted octanol–water partition coefficient (Wildman–Crippen LogP) is 1.83. The molecule has 0 aromatic carbocycles. The maximum Gasteiger partial charge on any atom is 0.317 e. The number of carbonyl (C=O) groups is 1. The molecular weight excluding hydrogens is 288 g/mol. The van der Waals surface area contributed by atoms with E-state index in [9.17, 15) is 4.79 Å². The summed E-state index contributed by atoms with van der Waals surface area (Å²) < 4.78 is 1.81. The Balaban J connectivity index is 1.91. The van der Waals surface area contributed by atoms with E-state index in [1.54, 1.807) is 18.1 Å². The van der Waals surface area contributed by atoms with Gasteiger partial charge in [-0.2, -0.15) is 5.10 Å². The van der Waals surface area contributed by atoms with Gasteiger partial charge in [0.15, 0.2) is 0 Å². The second-order valence-electron chi connectivity index (χ2n) is 5.70. The van der Waals surface area contributed by atoms with Gasteiger partial charge < -0.3 is 10.2 Å². The molecular formula is C13H20N6OS. The van der Waals surface area contributed by atoms with E-state index < -0.39 is 0 Å². The van der Waals surface area contributed by atoms with Crippen LogP contribution in [0.25, 0.3) is 0 Å². The van der Waals surface area contributed by atoms with Gasteiger partial charge in [-0.15, -0.1) is 11.3 Å². The molecule has 114 valence electrons. The second kappa shape index (κ2) is 6.21. The Labute approximate surface area is 128 Å². The van der Waals surface area contributed by atoms with Crippen LogP contribution in [0, 0.1) is 0 Å². The summed E-state index contributed by atoms with van der Waals surface area (Å²) >= 11 is 1.53. The number of aromatic nitrogens is 4. The van der Waals surface area contributed by atoms with Crippen molar-refractivity contribution in [3.8, 4) is 0 Å². The fourth-order valence-electron chi connectivity index (χ4n) is 1.84. The van der Waals surface area contributed by atoms with E-state index in [2.05, 4.69) is 20.4 Å². The highest BCUT2D eigenvalue weighted by atomic mass is 32.1. The number of nitrogens with one attached hydrogen (secondary N) is 1. The lowest BCUT2D eigenvalue weighted by Gasteiger charge is -2.22. The molecule has 0 atom stereocenters. The summed E-state index contributed by atoms with van der Waals surface area (Å²) in [4.78, 5) is 22.0. The predicted molar refractivity (Wildman–Crippen MR) is 80.8 cm³/mol. The molecule has 21 heavy (non-hydrogen) atoms. The number of amides is 2. The average molecular weight is 308 g/mol. The Hall–Kier alpha value is -1.96. The van der Waals surface area contributed by atoms with Crippen molar-refractivity contribution in [2.24, 2.45) is 0 Å². The minimum Gasteiger partial charge on any atom is -0.331 e. The minimum atomic E-state index is -0.163. The molecule has 2 heterocycles. The highest BCUT2D eigenvalue weighted by Gasteiger charge is 2.19. The third kappa shape index (κ3) is 4.01. The Bertz CT molecular complexity index is 586. The van der Waals surface area contributed by atoms with Crippen LogP contribution >= 0.6 is 11.3 Å². The van der Waals surface area contributed by atoms with Gasteiger partial charge in [0.2, 0.25) is 0 Å². The van der Waals surface area contributed by atoms with Crippen molar-refractivity contribution >= 4 is 17.4 Å². The van der Waals surface area contributed by atoms with Crippen LogP contribution in [0.15, 0.2) is 17.9 Å². The van der Waals surface area contributed by atoms with Crippen LogP contribution in [-0.4, -0.2) is 37.7 Å². The zero-order chi connectivity index (χ0) is 15.5. The molecule has 2 rings (SSSR count). The molecule has 0 aliphatic rings. The molecule has 8 heteroatoms. The molecule has 0 saturated carbocycles. The van der Waals surface area contributed by atoms with E-state index >= 15 is 0 Å². The summed E-state index contributed by atoms with van der Waals surface area (Å²) in [5.41, 5.74) is -0.163. The first-order valence-electron chi connectivity index (χ1n) is 6.64. The molecule has 2 aromatic heterocycles. The second-order valence-corrected chi connectivity index (χ2v) is 6.68. The van der Waals surface area contributed by atoms with Crippen molar-refractivity contribution in [1.82, 2.24) is 30.0 Å². The average Bonchev–Trinajstić information content (AvgIpc) is 3.05. The number of nitrogens with zero attached hydrogens (tertiary/aromatic N) is 5. The van der Waals surface area contributed by atoms with Crippen molar-refractivity contribution in [2.75, 3.05) is 7.05 Å². The number of hydrogen-bond acceptors (Lipinski definition) is 5. The quantitative estimate of drug-likeness (QED) is 0.935. The van der Waals surface area contributed by atoms with Crippen LogP contribution in [0.2, 0.25) is 0 Å². The van der Waals surface area contributed by atoms with Crippen molar-refractivity contribution in [3.63, 3.8) is 0 Å². The van der Waals surface area contributed by atoms with Crippen molar-refractivity contribution in [2.45, 2.75) is 39.4 Å². The van der Waals surface area contributed by atoms with E-state index in [1.807, 2.05) is 30.8 Å². The summed E-state index contributed by atoms with van der Waals surface area (Å²) in [6.07, 6.45) is 3.24. The molecule has 0 fully saturated rings. The van der Waals surface area contributed by atoms with Gasteiger partial charge in [0.1, 0.15) is 17.2 Å². The van der Waals surface area contributed by atoms with E-state index in [0.29, 0.717) is 13.1 Å². The number of carbonyl (C=O) groups excluding carboxylic acids is 1. The maximum absolute atomic E-state index is 12.1. The molecule has 2 amide bonds. The van der Waals surface area contributed by atoms with Crippen LogP contribution in [-0.2, 0) is 18.6 Å². The first-order chi connectivity index (χ1) is 9.88. The van der Waals surface area contributed by atoms with Crippen molar-refractivity contribution < 1.29 is 4.79 Å². The summed E-state index contributed by atoms with van der Waals surface area (Å²) in [5, 5.41) is 9.86. The topological polar surface area (TPSA) is 75.9 Å². The smallest absolute Gasteiger partial charge is 0.317 e. The fraction of sp³-hybridized carbons (Fsp3) is 0.538. The Morgan fingerprint density at radius 3 is 2.81 bits per heavy atom. The maximum atomic E-state index is 12.1. The van der Waals surface area contributed by atoms with Gasteiger partial charge in [-0.1, -0.05) is 0 Å². The molecule has 7 nitrogen and oxygen atoms in total. The lowest BCUT2D eigenvalue weighted by molar-refractivity contribution is 0.205. The first kappa shape index (κ1) is 15.4. The van der Waals surface area contributed by atoms with Crippen molar-refractivity contribution in [1.29, 1.82) is 0 Å². The largest absolute Gasteiger partial charge is 0.331 e. The lowest BCUT2D eigenvalue weighted by Crippen LogP contribution is -2.37. The number of hydrogen-bond donors (Lipinski definition) is 1. The molecule has 0 spiro atoms. The van der Waals surface area contributed by atoms with E-state index in [0.717, 1.165) is 10.8 Å². The monoisotopic (exact) mass is 308 g/mol. The molecule has 1 N–H and O–H groups in total. The summed E-state index contributed by atoms with van der Waals surface area (Å²) in [7, 11) is 1.74. The standard InChI is InChI=1S/C13H20N6OS/c1-13(2,3)19-10(16-9-17-19)7-15-12(20)18(4)8-11-14-5-6-21-11/h5-6,9H,7-8H2,1-4H3,(H,15,20). The molecule has 0 aliphatic heterocycles. The van der Waals surface area contributed by atoms with Gasteiger partial charge in [0.25, 0.3) is 0 Å². The van der Waals surface area contributed by atoms with E-state index in [4.69, 9.17) is 0 Å². The third-order valence-corrected chi connectivity index (χ3v) is 3.62. The van der Waals surface area contributed by atoms with Gasteiger partial charge in [-0.25, -0.2) is 19.4 Å². The normalized spacial score (nSPS) is 11.4. The number of rotatable bonds is 4. The third-order valence-electron chi connectivity index (χ3n) is 2.85. The Kier molecular flexibility index (Phi) is 4.56. The minimum absolute atomic E-state index is 0.159. The van der Waals surface area contributed by atoms with Gasteiger partial charge in [0.05, 0.1) is 18.6 Å². The zero-order valence-corrected chi connectivity index (χ0v) is 13.5. The van der Waals surface area contributed by atoms with Crippen LogP contribution in [0.1, 0.15) is 31.6 Å².